The lowest BCUT2D eigenvalue weighted by Crippen LogP contribution is -2.48. The van der Waals surface area contributed by atoms with Crippen LogP contribution < -0.4 is 10.6 Å². The molecule has 1 amide bonds. The number of nitrogens with zero attached hydrogens (tertiary/aromatic N) is 2. The molecular weight excluding hydrogens is 466 g/mol. The molecule has 5 nitrogen and oxygen atoms in total. The fraction of sp³-hybridized carbons (Fsp3) is 0.556. The molecule has 0 saturated carbocycles. The number of amides is 1. The molecule has 1 aromatic carbocycles. The quantitative estimate of drug-likeness (QED) is 0.200. The highest BCUT2D eigenvalue weighted by molar-refractivity contribution is 14.0. The van der Waals surface area contributed by atoms with E-state index in [4.69, 9.17) is 0 Å². The smallest absolute Gasteiger partial charge is 0.240 e. The van der Waals surface area contributed by atoms with Crippen molar-refractivity contribution in [1.82, 2.24) is 15.5 Å². The lowest BCUT2D eigenvalue weighted by Gasteiger charge is -2.25. The number of hydrogen-bond acceptors (Lipinski definition) is 3. The number of guanidine groups is 1. The molecule has 1 aromatic rings. The summed E-state index contributed by atoms with van der Waals surface area (Å²) in [5.74, 6) is 1.21. The molecule has 0 heterocycles. The van der Waals surface area contributed by atoms with E-state index in [2.05, 4.69) is 15.6 Å². The molecule has 26 heavy (non-hydrogen) atoms. The van der Waals surface area contributed by atoms with Gasteiger partial charge in [-0.15, -0.1) is 35.7 Å². The summed E-state index contributed by atoms with van der Waals surface area (Å²) in [6.45, 7) is 9.44. The summed E-state index contributed by atoms with van der Waals surface area (Å²) in [6, 6.07) is 6.43. The number of carbonyl (C=O) groups is 1. The van der Waals surface area contributed by atoms with Crippen molar-refractivity contribution in [2.45, 2.75) is 38.1 Å². The minimum Gasteiger partial charge on any atom is -0.357 e. The zero-order valence-electron chi connectivity index (χ0n) is 16.1. The van der Waals surface area contributed by atoms with Crippen LogP contribution in [-0.4, -0.2) is 54.7 Å². The zero-order chi connectivity index (χ0) is 18.9. The van der Waals surface area contributed by atoms with Gasteiger partial charge < -0.3 is 15.5 Å². The third kappa shape index (κ3) is 10.8. The van der Waals surface area contributed by atoms with Gasteiger partial charge in [-0.05, 0) is 52.0 Å². The molecule has 0 aliphatic carbocycles. The minimum absolute atomic E-state index is 0. The molecule has 0 saturated heterocycles. The van der Waals surface area contributed by atoms with Gasteiger partial charge in [-0.1, -0.05) is 0 Å². The standard InChI is InChI=1S/C18H29FN4OS.HI/c1-6-20-17(23(5)13-16(24)22-18(2,3)4)21-11-12-25-15-9-7-14(19)8-10-15;/h7-10H,6,11-13H2,1-5H3,(H,20,21)(H,22,24);1H. The lowest BCUT2D eigenvalue weighted by atomic mass is 10.1. The van der Waals surface area contributed by atoms with Gasteiger partial charge >= 0.3 is 0 Å². The Morgan fingerprint density at radius 3 is 2.42 bits per heavy atom. The molecule has 0 fully saturated rings. The molecular formula is C18H30FIN4OS. The molecule has 0 unspecified atom stereocenters. The molecule has 0 radical (unpaired) electrons. The fourth-order valence-electron chi connectivity index (χ4n) is 2.06. The molecule has 0 aliphatic heterocycles. The van der Waals surface area contributed by atoms with Crippen molar-refractivity contribution in [3.63, 3.8) is 0 Å². The zero-order valence-corrected chi connectivity index (χ0v) is 19.3. The van der Waals surface area contributed by atoms with Crippen molar-refractivity contribution >= 4 is 47.6 Å². The molecule has 1 rings (SSSR count). The van der Waals surface area contributed by atoms with Gasteiger partial charge in [0.15, 0.2) is 5.96 Å². The van der Waals surface area contributed by atoms with Crippen molar-refractivity contribution in [2.75, 3.05) is 32.4 Å². The first-order valence-electron chi connectivity index (χ1n) is 8.40. The summed E-state index contributed by atoms with van der Waals surface area (Å²) in [6.07, 6.45) is 0. The van der Waals surface area contributed by atoms with E-state index in [1.165, 1.54) is 12.1 Å². The molecule has 0 aliphatic rings. The molecule has 148 valence electrons. The normalized spacial score (nSPS) is 11.5. The van der Waals surface area contributed by atoms with Crippen molar-refractivity contribution < 1.29 is 9.18 Å². The summed E-state index contributed by atoms with van der Waals surface area (Å²) >= 11 is 1.62. The SMILES string of the molecule is CCNC(=NCCSc1ccc(F)cc1)N(C)CC(=O)NC(C)(C)C.I. The Labute approximate surface area is 177 Å². The van der Waals surface area contributed by atoms with Gasteiger partial charge in [-0.2, -0.15) is 0 Å². The van der Waals surface area contributed by atoms with E-state index in [9.17, 15) is 9.18 Å². The highest BCUT2D eigenvalue weighted by Gasteiger charge is 2.16. The van der Waals surface area contributed by atoms with Crippen LogP contribution in [0.3, 0.4) is 0 Å². The van der Waals surface area contributed by atoms with Crippen LogP contribution in [0.2, 0.25) is 0 Å². The second kappa shape index (κ2) is 12.4. The average molecular weight is 496 g/mol. The minimum atomic E-state index is -0.251. The van der Waals surface area contributed by atoms with E-state index in [-0.39, 0.29) is 47.8 Å². The molecule has 0 atom stereocenters. The topological polar surface area (TPSA) is 56.7 Å². The van der Waals surface area contributed by atoms with E-state index < -0.39 is 0 Å². The maximum absolute atomic E-state index is 12.9. The second-order valence-electron chi connectivity index (χ2n) is 6.69. The predicted octanol–water partition coefficient (Wildman–Crippen LogP) is 3.35. The van der Waals surface area contributed by atoms with Gasteiger partial charge in [0.05, 0.1) is 13.1 Å². The first kappa shape index (κ1) is 25.0. The largest absolute Gasteiger partial charge is 0.357 e. The van der Waals surface area contributed by atoms with Crippen molar-refractivity contribution in [3.05, 3.63) is 30.1 Å². The number of thioether (sulfide) groups is 1. The van der Waals surface area contributed by atoms with Crippen molar-refractivity contribution in [2.24, 2.45) is 4.99 Å². The second-order valence-corrected chi connectivity index (χ2v) is 7.86. The first-order chi connectivity index (χ1) is 11.7. The molecule has 0 aromatic heterocycles. The van der Waals surface area contributed by atoms with E-state index in [0.29, 0.717) is 12.5 Å². The Kier molecular flexibility index (Phi) is 11.9. The number of rotatable bonds is 7. The van der Waals surface area contributed by atoms with E-state index in [1.54, 1.807) is 23.9 Å². The van der Waals surface area contributed by atoms with Crippen molar-refractivity contribution in [1.29, 1.82) is 0 Å². The highest BCUT2D eigenvalue weighted by Crippen LogP contribution is 2.17. The van der Waals surface area contributed by atoms with Gasteiger partial charge in [0.25, 0.3) is 0 Å². The summed E-state index contributed by atoms with van der Waals surface area (Å²) in [5, 5.41) is 6.14. The number of nitrogens with one attached hydrogen (secondary N) is 2. The third-order valence-electron chi connectivity index (χ3n) is 3.03. The maximum atomic E-state index is 12.9. The number of carbonyl (C=O) groups excluding carboxylic acids is 1. The molecule has 0 spiro atoms. The van der Waals surface area contributed by atoms with Crippen LogP contribution in [-0.2, 0) is 4.79 Å². The van der Waals surface area contributed by atoms with Crippen LogP contribution in [0, 0.1) is 5.82 Å². The van der Waals surface area contributed by atoms with E-state index in [0.717, 1.165) is 17.2 Å². The van der Waals surface area contributed by atoms with E-state index in [1.807, 2.05) is 39.6 Å². The Morgan fingerprint density at radius 2 is 1.88 bits per heavy atom. The summed E-state index contributed by atoms with van der Waals surface area (Å²) in [7, 11) is 1.84. The van der Waals surface area contributed by atoms with Gasteiger partial charge in [-0.3, -0.25) is 9.79 Å². The van der Waals surface area contributed by atoms with Crippen LogP contribution in [0.5, 0.6) is 0 Å². The van der Waals surface area contributed by atoms with Gasteiger partial charge in [-0.25, -0.2) is 4.39 Å². The summed E-state index contributed by atoms with van der Waals surface area (Å²) in [5.41, 5.74) is -0.251. The van der Waals surface area contributed by atoms with Gasteiger partial charge in [0.2, 0.25) is 5.91 Å². The van der Waals surface area contributed by atoms with Gasteiger partial charge in [0.1, 0.15) is 5.82 Å². The number of halogens is 2. The Balaban J connectivity index is 0.00000625. The number of benzene rings is 1. The average Bonchev–Trinajstić information content (AvgIpc) is 2.50. The van der Waals surface area contributed by atoms with Crippen LogP contribution in [0.4, 0.5) is 4.39 Å². The highest BCUT2D eigenvalue weighted by atomic mass is 127. The predicted molar refractivity (Wildman–Crippen MR) is 119 cm³/mol. The third-order valence-corrected chi connectivity index (χ3v) is 4.02. The van der Waals surface area contributed by atoms with Crippen LogP contribution in [0.1, 0.15) is 27.7 Å². The fourth-order valence-corrected chi connectivity index (χ4v) is 2.81. The Hall–Kier alpha value is -1.03. The van der Waals surface area contributed by atoms with Crippen LogP contribution in [0.15, 0.2) is 34.2 Å². The number of hydrogen-bond donors (Lipinski definition) is 2. The summed E-state index contributed by atoms with van der Waals surface area (Å²) in [4.78, 5) is 19.4. The number of likely N-dealkylation sites (N-methyl/N-ethyl adjacent to an activating group) is 1. The lowest BCUT2D eigenvalue weighted by molar-refractivity contribution is -0.122. The Morgan fingerprint density at radius 1 is 1.27 bits per heavy atom. The molecule has 2 N–H and O–H groups in total. The van der Waals surface area contributed by atoms with Gasteiger partial charge in [0, 0.05) is 29.8 Å². The monoisotopic (exact) mass is 496 g/mol. The number of aliphatic imine (C=N–C) groups is 1. The maximum Gasteiger partial charge on any atom is 0.240 e. The van der Waals surface area contributed by atoms with Crippen LogP contribution >= 0.6 is 35.7 Å². The Bertz CT molecular complexity index is 576. The first-order valence-corrected chi connectivity index (χ1v) is 9.38. The van der Waals surface area contributed by atoms with Crippen LogP contribution in [0.25, 0.3) is 0 Å². The molecule has 8 heteroatoms. The molecule has 0 bridgehead atoms. The van der Waals surface area contributed by atoms with Crippen molar-refractivity contribution in [3.8, 4) is 0 Å². The van der Waals surface area contributed by atoms with E-state index >= 15 is 0 Å². The summed E-state index contributed by atoms with van der Waals surface area (Å²) < 4.78 is 12.9.